The van der Waals surface area contributed by atoms with E-state index in [1.807, 2.05) is 42.6 Å². The average molecular weight is 382 g/mol. The van der Waals surface area contributed by atoms with E-state index in [-0.39, 0.29) is 0 Å². The maximum Gasteiger partial charge on any atom is 0.160 e. The van der Waals surface area contributed by atoms with E-state index in [0.29, 0.717) is 17.1 Å². The van der Waals surface area contributed by atoms with Crippen molar-refractivity contribution in [1.29, 1.82) is 0 Å². The minimum absolute atomic E-state index is 0.659. The van der Waals surface area contributed by atoms with Crippen molar-refractivity contribution in [2.45, 2.75) is 0 Å². The van der Waals surface area contributed by atoms with Crippen molar-refractivity contribution in [3.63, 3.8) is 0 Å². The van der Waals surface area contributed by atoms with Crippen LogP contribution in [0.4, 0.5) is 0 Å². The van der Waals surface area contributed by atoms with E-state index in [2.05, 4.69) is 27.1 Å². The molecule has 0 spiro atoms. The summed E-state index contributed by atoms with van der Waals surface area (Å²) in [6.07, 6.45) is 5.50. The fraction of sp³-hybridized carbons (Fsp3) is 0.0870. The number of methoxy groups -OCH3 is 2. The summed E-state index contributed by atoms with van der Waals surface area (Å²) < 4.78 is 11.2. The lowest BCUT2D eigenvalue weighted by Gasteiger charge is -2.14. The molecule has 0 saturated carbocycles. The predicted octanol–water partition coefficient (Wildman–Crippen LogP) is 4.86. The van der Waals surface area contributed by atoms with Gasteiger partial charge in [0.1, 0.15) is 17.1 Å². The summed E-state index contributed by atoms with van der Waals surface area (Å²) in [5.74, 6) is 1.39. The second-order valence-electron chi connectivity index (χ2n) is 6.57. The first-order valence-corrected chi connectivity index (χ1v) is 9.19. The van der Waals surface area contributed by atoms with Gasteiger partial charge in [-0.05, 0) is 48.0 Å². The van der Waals surface area contributed by atoms with Crippen molar-refractivity contribution in [3.8, 4) is 33.9 Å². The molecule has 4 aromatic heterocycles. The van der Waals surface area contributed by atoms with Gasteiger partial charge in [-0.1, -0.05) is 6.07 Å². The molecular weight excluding hydrogens is 364 g/mol. The lowest BCUT2D eigenvalue weighted by atomic mass is 9.99. The number of hydrogen-bond acceptors (Lipinski definition) is 5. The Morgan fingerprint density at radius 2 is 1.52 bits per heavy atom. The average Bonchev–Trinajstić information content (AvgIpc) is 3.21. The number of nitrogens with one attached hydrogen (secondary N) is 1. The molecule has 0 radical (unpaired) electrons. The maximum absolute atomic E-state index is 5.60. The molecular formula is C23H18N4O2. The molecule has 1 N–H and O–H groups in total. The van der Waals surface area contributed by atoms with E-state index in [9.17, 15) is 0 Å². The van der Waals surface area contributed by atoms with Crippen molar-refractivity contribution in [1.82, 2.24) is 19.9 Å². The van der Waals surface area contributed by atoms with Gasteiger partial charge >= 0.3 is 0 Å². The molecule has 0 aliphatic carbocycles. The van der Waals surface area contributed by atoms with Gasteiger partial charge in [-0.25, -0.2) is 15.0 Å². The van der Waals surface area contributed by atoms with Gasteiger partial charge in [0.25, 0.3) is 0 Å². The molecule has 0 unspecified atom stereocenters. The van der Waals surface area contributed by atoms with Gasteiger partial charge in [0.15, 0.2) is 5.65 Å². The summed E-state index contributed by atoms with van der Waals surface area (Å²) in [5, 5.41) is 2.01. The lowest BCUT2D eigenvalue weighted by Crippen LogP contribution is -1.97. The van der Waals surface area contributed by atoms with Crippen molar-refractivity contribution >= 4 is 22.1 Å². The molecule has 0 aliphatic heterocycles. The van der Waals surface area contributed by atoms with E-state index >= 15 is 0 Å². The van der Waals surface area contributed by atoms with Crippen LogP contribution in [0.1, 0.15) is 0 Å². The maximum atomic E-state index is 5.60. The molecule has 142 valence electrons. The Morgan fingerprint density at radius 1 is 0.793 bits per heavy atom. The third-order valence-corrected chi connectivity index (χ3v) is 5.01. The molecule has 0 atom stereocenters. The van der Waals surface area contributed by atoms with Crippen LogP contribution in [0, 0.1) is 0 Å². The summed E-state index contributed by atoms with van der Waals surface area (Å²) >= 11 is 0. The molecule has 5 aromatic rings. The molecule has 0 bridgehead atoms. The number of pyridine rings is 3. The fourth-order valence-corrected chi connectivity index (χ4v) is 3.69. The molecule has 5 rings (SSSR count). The SMILES string of the molecule is COc1cccc(OC)c1-c1cc(-c2c[nH]c3ncccc23)c2cccnc2n1. The van der Waals surface area contributed by atoms with Crippen LogP contribution in [0.25, 0.3) is 44.5 Å². The van der Waals surface area contributed by atoms with Crippen molar-refractivity contribution in [2.75, 3.05) is 14.2 Å². The molecule has 29 heavy (non-hydrogen) atoms. The van der Waals surface area contributed by atoms with Gasteiger partial charge in [-0.3, -0.25) is 0 Å². The second-order valence-corrected chi connectivity index (χ2v) is 6.57. The van der Waals surface area contributed by atoms with E-state index in [0.717, 1.165) is 38.8 Å². The van der Waals surface area contributed by atoms with Gasteiger partial charge in [0.2, 0.25) is 0 Å². The van der Waals surface area contributed by atoms with Crippen LogP contribution in [-0.4, -0.2) is 34.2 Å². The Bertz CT molecular complexity index is 1320. The largest absolute Gasteiger partial charge is 0.496 e. The highest BCUT2D eigenvalue weighted by Crippen LogP contribution is 2.41. The van der Waals surface area contributed by atoms with Gasteiger partial charge in [0, 0.05) is 34.9 Å². The van der Waals surface area contributed by atoms with E-state index in [1.54, 1.807) is 26.6 Å². The molecule has 4 heterocycles. The first-order valence-electron chi connectivity index (χ1n) is 9.19. The molecule has 0 saturated heterocycles. The minimum Gasteiger partial charge on any atom is -0.496 e. The highest BCUT2D eigenvalue weighted by molar-refractivity contribution is 6.03. The Balaban J connectivity index is 1.85. The van der Waals surface area contributed by atoms with Crippen molar-refractivity contribution in [3.05, 3.63) is 67.1 Å². The highest BCUT2D eigenvalue weighted by Gasteiger charge is 2.18. The Morgan fingerprint density at radius 3 is 2.28 bits per heavy atom. The monoisotopic (exact) mass is 382 g/mol. The van der Waals surface area contributed by atoms with Gasteiger partial charge in [-0.2, -0.15) is 0 Å². The van der Waals surface area contributed by atoms with Crippen LogP contribution >= 0.6 is 0 Å². The van der Waals surface area contributed by atoms with Crippen molar-refractivity contribution < 1.29 is 9.47 Å². The number of H-pyrrole nitrogens is 1. The second kappa shape index (κ2) is 6.91. The molecule has 6 heteroatoms. The third kappa shape index (κ3) is 2.77. The molecule has 6 nitrogen and oxygen atoms in total. The summed E-state index contributed by atoms with van der Waals surface area (Å²) in [5.41, 5.74) is 5.09. The zero-order chi connectivity index (χ0) is 19.8. The number of benzene rings is 1. The van der Waals surface area contributed by atoms with Crippen molar-refractivity contribution in [2.24, 2.45) is 0 Å². The van der Waals surface area contributed by atoms with Gasteiger partial charge in [0.05, 0.1) is 25.5 Å². The van der Waals surface area contributed by atoms with Crippen LogP contribution in [0.3, 0.4) is 0 Å². The van der Waals surface area contributed by atoms with E-state index in [4.69, 9.17) is 14.5 Å². The number of aromatic amines is 1. The quantitative estimate of drug-likeness (QED) is 0.481. The summed E-state index contributed by atoms with van der Waals surface area (Å²) in [7, 11) is 3.29. The Hall–Kier alpha value is -3.93. The Labute approximate surface area is 167 Å². The highest BCUT2D eigenvalue weighted by atomic mass is 16.5. The Kier molecular flexibility index (Phi) is 4.09. The zero-order valence-electron chi connectivity index (χ0n) is 16.0. The number of fused-ring (bicyclic) bond motifs is 2. The summed E-state index contributed by atoms with van der Waals surface area (Å²) in [6.45, 7) is 0. The number of ether oxygens (including phenoxy) is 2. The molecule has 0 fully saturated rings. The van der Waals surface area contributed by atoms with Crippen LogP contribution in [0.5, 0.6) is 11.5 Å². The first kappa shape index (κ1) is 17.2. The third-order valence-electron chi connectivity index (χ3n) is 5.01. The molecule has 0 amide bonds. The van der Waals surface area contributed by atoms with Crippen LogP contribution in [0.2, 0.25) is 0 Å². The number of nitrogens with zero attached hydrogens (tertiary/aromatic N) is 3. The van der Waals surface area contributed by atoms with Crippen LogP contribution < -0.4 is 9.47 Å². The van der Waals surface area contributed by atoms with Crippen LogP contribution in [0.15, 0.2) is 67.1 Å². The number of rotatable bonds is 4. The van der Waals surface area contributed by atoms with E-state index in [1.165, 1.54) is 0 Å². The van der Waals surface area contributed by atoms with Crippen LogP contribution in [-0.2, 0) is 0 Å². The molecule has 1 aromatic carbocycles. The lowest BCUT2D eigenvalue weighted by molar-refractivity contribution is 0.397. The molecule has 0 aliphatic rings. The minimum atomic E-state index is 0.659. The summed E-state index contributed by atoms with van der Waals surface area (Å²) in [4.78, 5) is 17.0. The number of aromatic nitrogens is 4. The first-order chi connectivity index (χ1) is 14.3. The standard InChI is InChI=1S/C23H18N4O2/c1-28-19-8-3-9-20(29-2)21(19)18-12-16(14-6-4-11-25-23(14)27-18)17-13-26-22-15(17)7-5-10-24-22/h3-13H,1-2H3,(H,24,26). The van der Waals surface area contributed by atoms with Gasteiger partial charge in [-0.15, -0.1) is 0 Å². The topological polar surface area (TPSA) is 72.9 Å². The van der Waals surface area contributed by atoms with Gasteiger partial charge < -0.3 is 14.5 Å². The zero-order valence-corrected chi connectivity index (χ0v) is 16.0. The number of hydrogen-bond donors (Lipinski definition) is 1. The normalized spacial score (nSPS) is 11.1. The smallest absolute Gasteiger partial charge is 0.160 e. The van der Waals surface area contributed by atoms with E-state index < -0.39 is 0 Å². The fourth-order valence-electron chi connectivity index (χ4n) is 3.69. The predicted molar refractivity (Wildman–Crippen MR) is 113 cm³/mol. The summed E-state index contributed by atoms with van der Waals surface area (Å²) in [6, 6.07) is 15.7.